The molecule has 0 aliphatic heterocycles. The van der Waals surface area contributed by atoms with Crippen molar-refractivity contribution in [3.63, 3.8) is 0 Å². The summed E-state index contributed by atoms with van der Waals surface area (Å²) in [4.78, 5) is 0. The van der Waals surface area contributed by atoms with Crippen molar-refractivity contribution in [3.05, 3.63) is 82.5 Å². The van der Waals surface area contributed by atoms with E-state index in [2.05, 4.69) is 91.5 Å². The predicted molar refractivity (Wildman–Crippen MR) is 141 cm³/mol. The molecule has 0 aromatic heterocycles. The van der Waals surface area contributed by atoms with Crippen molar-refractivity contribution in [2.45, 2.75) is 89.0 Å². The van der Waals surface area contributed by atoms with Gasteiger partial charge >= 0.3 is 0 Å². The molecule has 0 atom stereocenters. The minimum atomic E-state index is 0. The first-order chi connectivity index (χ1) is 13.8. The normalized spacial score (nSPS) is 19.5. The van der Waals surface area contributed by atoms with Gasteiger partial charge in [-0.2, -0.15) is 0 Å². The van der Waals surface area contributed by atoms with Crippen molar-refractivity contribution < 1.29 is 0 Å². The summed E-state index contributed by atoms with van der Waals surface area (Å²) in [6, 6.07) is 4.81. The summed E-state index contributed by atoms with van der Waals surface area (Å²) in [5.74, 6) is 0. The molecule has 1 aromatic rings. The molecule has 30 heavy (non-hydrogen) atoms. The number of hydrogen-bond acceptors (Lipinski definition) is 0. The van der Waals surface area contributed by atoms with E-state index in [0.717, 1.165) is 12.8 Å². The molecule has 0 heteroatoms. The summed E-state index contributed by atoms with van der Waals surface area (Å²) >= 11 is 0. The monoisotopic (exact) mass is 406 g/mol. The summed E-state index contributed by atoms with van der Waals surface area (Å²) in [6.45, 7) is 23.2. The Hall–Kier alpha value is -2.08. The van der Waals surface area contributed by atoms with Crippen LogP contribution in [0.2, 0.25) is 0 Å². The van der Waals surface area contributed by atoms with Gasteiger partial charge in [-0.1, -0.05) is 92.3 Å². The molecule has 0 radical (unpaired) electrons. The van der Waals surface area contributed by atoms with Crippen LogP contribution in [0, 0.1) is 5.41 Å². The zero-order valence-electron chi connectivity index (χ0n) is 20.4. The lowest BCUT2D eigenvalue weighted by molar-refractivity contribution is 0.398. The van der Waals surface area contributed by atoms with Crippen molar-refractivity contribution in [3.8, 4) is 0 Å². The molecular formula is C30H46. The molecular weight excluding hydrogens is 360 g/mol. The molecule has 1 aromatic carbocycles. The van der Waals surface area contributed by atoms with Crippen LogP contribution in [-0.2, 0) is 12.8 Å². The predicted octanol–water partition coefficient (Wildman–Crippen LogP) is 9.77. The fourth-order valence-corrected chi connectivity index (χ4v) is 3.60. The van der Waals surface area contributed by atoms with E-state index in [-0.39, 0.29) is 7.43 Å². The molecule has 0 nitrogen and oxygen atoms in total. The Labute approximate surface area is 188 Å². The van der Waals surface area contributed by atoms with E-state index in [4.69, 9.17) is 0 Å². The minimum absolute atomic E-state index is 0. The number of benzene rings is 1. The number of rotatable bonds is 1. The zero-order chi connectivity index (χ0) is 22.2. The van der Waals surface area contributed by atoms with Crippen molar-refractivity contribution in [1.82, 2.24) is 0 Å². The van der Waals surface area contributed by atoms with Gasteiger partial charge in [0, 0.05) is 0 Å². The second-order valence-electron chi connectivity index (χ2n) is 8.58. The average Bonchev–Trinajstić information content (AvgIpc) is 3.24. The van der Waals surface area contributed by atoms with Gasteiger partial charge in [0.15, 0.2) is 0 Å². The lowest BCUT2D eigenvalue weighted by Crippen LogP contribution is -2.00. The third-order valence-corrected chi connectivity index (χ3v) is 5.69. The highest BCUT2D eigenvalue weighted by atomic mass is 14.3. The van der Waals surface area contributed by atoms with Gasteiger partial charge in [0.1, 0.15) is 0 Å². The van der Waals surface area contributed by atoms with E-state index in [1.54, 1.807) is 0 Å². The molecule has 2 aliphatic rings. The van der Waals surface area contributed by atoms with Crippen LogP contribution in [0.25, 0.3) is 11.1 Å². The van der Waals surface area contributed by atoms with Crippen LogP contribution in [0.1, 0.15) is 98.4 Å². The molecule has 2 aliphatic carbocycles. The standard InChI is InChI=1S/C21H22.C6H14.C2H6.CH4/c1-5-9-19-15(7-3)11-17-12-20-16(13-21(17)19)10-14(6-2)18(20)8-4;1-5-6(2,3)4;1-2;/h5-9,12-13H,1,10-11H2,2-4H3;5H2,1-4H3;1-2H3;1H4/b14-6-,15-7-,18-8+,19-9+;;;. The third kappa shape index (κ3) is 6.46. The van der Waals surface area contributed by atoms with Crippen LogP contribution in [0.3, 0.4) is 0 Å². The molecule has 0 saturated heterocycles. The Kier molecular flexibility index (Phi) is 11.7. The van der Waals surface area contributed by atoms with E-state index in [9.17, 15) is 0 Å². The SMILES string of the molecule is C.C=C/C=C1\C(=C/C)Cc2cc3c(cc21)CC(=C/C)/C3=C\C.CC.CCC(C)(C)C. The van der Waals surface area contributed by atoms with Gasteiger partial charge in [-0.25, -0.2) is 0 Å². The molecule has 0 bridgehead atoms. The van der Waals surface area contributed by atoms with Crippen LogP contribution in [0.4, 0.5) is 0 Å². The van der Waals surface area contributed by atoms with Gasteiger partial charge in [0.05, 0.1) is 0 Å². The van der Waals surface area contributed by atoms with Crippen molar-refractivity contribution in [2.24, 2.45) is 5.41 Å². The molecule has 0 amide bonds. The maximum absolute atomic E-state index is 3.87. The first kappa shape index (κ1) is 27.9. The average molecular weight is 407 g/mol. The summed E-state index contributed by atoms with van der Waals surface area (Å²) in [5.41, 5.74) is 11.9. The Morgan fingerprint density at radius 3 is 1.57 bits per heavy atom. The second kappa shape index (κ2) is 12.6. The molecule has 0 heterocycles. The van der Waals surface area contributed by atoms with E-state index in [1.807, 2.05) is 19.9 Å². The minimum Gasteiger partial charge on any atom is -0.0990 e. The van der Waals surface area contributed by atoms with Crippen LogP contribution in [0.5, 0.6) is 0 Å². The van der Waals surface area contributed by atoms with Gasteiger partial charge in [-0.3, -0.25) is 0 Å². The summed E-state index contributed by atoms with van der Waals surface area (Å²) in [5, 5.41) is 0. The zero-order valence-corrected chi connectivity index (χ0v) is 20.4. The van der Waals surface area contributed by atoms with Gasteiger partial charge in [-0.05, 0) is 95.7 Å². The maximum Gasteiger partial charge on any atom is -0.00165 e. The lowest BCUT2D eigenvalue weighted by atomic mass is 9.94. The number of hydrogen-bond donors (Lipinski definition) is 0. The Morgan fingerprint density at radius 2 is 1.23 bits per heavy atom. The van der Waals surface area contributed by atoms with E-state index < -0.39 is 0 Å². The largest absolute Gasteiger partial charge is 0.0990 e. The van der Waals surface area contributed by atoms with Gasteiger partial charge in [0.2, 0.25) is 0 Å². The molecule has 0 spiro atoms. The fourth-order valence-electron chi connectivity index (χ4n) is 3.60. The molecule has 166 valence electrons. The van der Waals surface area contributed by atoms with Crippen molar-refractivity contribution >= 4 is 11.1 Å². The highest BCUT2D eigenvalue weighted by Gasteiger charge is 2.27. The van der Waals surface area contributed by atoms with Gasteiger partial charge < -0.3 is 0 Å². The topological polar surface area (TPSA) is 0 Å². The van der Waals surface area contributed by atoms with Gasteiger partial charge in [0.25, 0.3) is 0 Å². The highest BCUT2D eigenvalue weighted by Crippen LogP contribution is 2.44. The van der Waals surface area contributed by atoms with Gasteiger partial charge in [-0.15, -0.1) is 0 Å². The third-order valence-electron chi connectivity index (χ3n) is 5.69. The molecule has 3 rings (SSSR count). The first-order valence-electron chi connectivity index (χ1n) is 11.3. The maximum atomic E-state index is 3.87. The Bertz CT molecular complexity index is 830. The number of allylic oxidation sites excluding steroid dienone is 9. The smallest absolute Gasteiger partial charge is 0.00165 e. The van der Waals surface area contributed by atoms with Crippen molar-refractivity contribution in [2.75, 3.05) is 0 Å². The highest BCUT2D eigenvalue weighted by molar-refractivity contribution is 5.92. The van der Waals surface area contributed by atoms with Crippen LogP contribution in [0.15, 0.2) is 60.2 Å². The number of fused-ring (bicyclic) bond motifs is 2. The van der Waals surface area contributed by atoms with Crippen molar-refractivity contribution in [1.29, 1.82) is 0 Å². The van der Waals surface area contributed by atoms with E-state index >= 15 is 0 Å². The van der Waals surface area contributed by atoms with Crippen LogP contribution < -0.4 is 0 Å². The molecule has 0 saturated carbocycles. The fraction of sp³-hybridized carbons (Fsp3) is 0.467. The molecule has 0 N–H and O–H groups in total. The first-order valence-corrected chi connectivity index (χ1v) is 11.3. The van der Waals surface area contributed by atoms with E-state index in [0.29, 0.717) is 5.41 Å². The van der Waals surface area contributed by atoms with E-state index in [1.165, 1.54) is 51.0 Å². The Morgan fingerprint density at radius 1 is 0.833 bits per heavy atom. The lowest BCUT2D eigenvalue weighted by Gasteiger charge is -2.12. The Balaban J connectivity index is 0.000000812. The molecule has 0 unspecified atom stereocenters. The summed E-state index contributed by atoms with van der Waals surface area (Å²) in [7, 11) is 0. The quantitative estimate of drug-likeness (QED) is 0.435. The van der Waals surface area contributed by atoms with Crippen LogP contribution in [-0.4, -0.2) is 0 Å². The summed E-state index contributed by atoms with van der Waals surface area (Å²) in [6.07, 6.45) is 14.1. The second-order valence-corrected chi connectivity index (χ2v) is 8.58. The summed E-state index contributed by atoms with van der Waals surface area (Å²) < 4.78 is 0. The van der Waals surface area contributed by atoms with Crippen LogP contribution >= 0.6 is 0 Å². The molecule has 0 fully saturated rings.